The highest BCUT2D eigenvalue weighted by molar-refractivity contribution is 6.63. The van der Waals surface area contributed by atoms with Crippen molar-refractivity contribution in [3.8, 4) is 0 Å². The Morgan fingerprint density at radius 2 is 1.50 bits per heavy atom. The van der Waals surface area contributed by atoms with E-state index in [1.165, 1.54) is 0 Å². The van der Waals surface area contributed by atoms with E-state index in [0.29, 0.717) is 12.8 Å². The van der Waals surface area contributed by atoms with Crippen LogP contribution in [0.25, 0.3) is 0 Å². The SMILES string of the molecule is CCCCC(=O)Cl.CCCCC(=O)O. The van der Waals surface area contributed by atoms with Crippen molar-refractivity contribution < 1.29 is 14.7 Å². The van der Waals surface area contributed by atoms with Crippen molar-refractivity contribution in [2.24, 2.45) is 0 Å². The zero-order valence-corrected chi connectivity index (χ0v) is 9.64. The van der Waals surface area contributed by atoms with Crippen LogP contribution < -0.4 is 0 Å². The average Bonchev–Trinajstić information content (AvgIpc) is 2.12. The molecule has 0 atom stereocenters. The lowest BCUT2D eigenvalue weighted by Crippen LogP contribution is -1.91. The summed E-state index contributed by atoms with van der Waals surface area (Å²) in [5.41, 5.74) is 0. The van der Waals surface area contributed by atoms with E-state index in [1.807, 2.05) is 13.8 Å². The summed E-state index contributed by atoms with van der Waals surface area (Å²) in [5.74, 6) is -0.693. The van der Waals surface area contributed by atoms with Gasteiger partial charge in [0.2, 0.25) is 5.24 Å². The molecule has 0 fully saturated rings. The third-order valence-electron chi connectivity index (χ3n) is 1.47. The van der Waals surface area contributed by atoms with Crippen LogP contribution in [-0.2, 0) is 9.59 Å². The summed E-state index contributed by atoms with van der Waals surface area (Å²) >= 11 is 5.02. The number of carbonyl (C=O) groups excluding carboxylic acids is 1. The fourth-order valence-electron chi connectivity index (χ4n) is 0.644. The van der Waals surface area contributed by atoms with Crippen molar-refractivity contribution in [2.45, 2.75) is 52.4 Å². The van der Waals surface area contributed by atoms with Crippen LogP contribution in [0.3, 0.4) is 0 Å². The summed E-state index contributed by atoms with van der Waals surface area (Å²) in [5, 5.41) is 7.82. The maximum Gasteiger partial charge on any atom is 0.303 e. The quantitative estimate of drug-likeness (QED) is 0.703. The minimum atomic E-state index is -0.693. The second-order valence-electron chi connectivity index (χ2n) is 2.96. The first kappa shape index (κ1) is 15.9. The van der Waals surface area contributed by atoms with Gasteiger partial charge in [-0.05, 0) is 24.4 Å². The molecule has 0 bridgehead atoms. The normalized spacial score (nSPS) is 8.79. The number of aliphatic carboxylic acids is 1. The molecule has 0 aliphatic carbocycles. The molecule has 84 valence electrons. The van der Waals surface area contributed by atoms with Crippen LogP contribution in [0.15, 0.2) is 0 Å². The smallest absolute Gasteiger partial charge is 0.303 e. The Morgan fingerprint density at radius 3 is 1.64 bits per heavy atom. The van der Waals surface area contributed by atoms with E-state index in [4.69, 9.17) is 16.7 Å². The van der Waals surface area contributed by atoms with E-state index in [2.05, 4.69) is 0 Å². The van der Waals surface area contributed by atoms with Crippen LogP contribution in [0.1, 0.15) is 52.4 Å². The first-order chi connectivity index (χ1) is 6.54. The van der Waals surface area contributed by atoms with Gasteiger partial charge in [-0.15, -0.1) is 0 Å². The average molecular weight is 223 g/mol. The van der Waals surface area contributed by atoms with Gasteiger partial charge in [0.25, 0.3) is 0 Å². The molecule has 0 aromatic rings. The minimum Gasteiger partial charge on any atom is -0.481 e. The van der Waals surface area contributed by atoms with Crippen LogP contribution >= 0.6 is 11.6 Å². The van der Waals surface area contributed by atoms with Crippen molar-refractivity contribution >= 4 is 22.8 Å². The second-order valence-corrected chi connectivity index (χ2v) is 3.38. The van der Waals surface area contributed by atoms with Gasteiger partial charge in [0.15, 0.2) is 0 Å². The van der Waals surface area contributed by atoms with E-state index < -0.39 is 5.97 Å². The lowest BCUT2D eigenvalue weighted by Gasteiger charge is -1.85. The van der Waals surface area contributed by atoms with Gasteiger partial charge in [-0.25, -0.2) is 0 Å². The molecule has 0 unspecified atom stereocenters. The second kappa shape index (κ2) is 12.4. The van der Waals surface area contributed by atoms with Gasteiger partial charge >= 0.3 is 5.97 Å². The van der Waals surface area contributed by atoms with Crippen LogP contribution in [-0.4, -0.2) is 16.3 Å². The topological polar surface area (TPSA) is 54.4 Å². The van der Waals surface area contributed by atoms with Crippen molar-refractivity contribution in [3.63, 3.8) is 0 Å². The predicted octanol–water partition coefficient (Wildman–Crippen LogP) is 3.20. The van der Waals surface area contributed by atoms with Crippen LogP contribution in [0, 0.1) is 0 Å². The third-order valence-corrected chi connectivity index (χ3v) is 1.66. The summed E-state index contributed by atoms with van der Waals surface area (Å²) in [7, 11) is 0. The maximum atomic E-state index is 9.97. The van der Waals surface area contributed by atoms with Crippen molar-refractivity contribution in [1.29, 1.82) is 0 Å². The predicted molar refractivity (Wildman–Crippen MR) is 57.5 cm³/mol. The first-order valence-electron chi connectivity index (χ1n) is 4.94. The Balaban J connectivity index is 0. The molecule has 0 aliphatic heterocycles. The number of carboxylic acid groups (broad SMARTS) is 1. The number of carbonyl (C=O) groups is 2. The van der Waals surface area contributed by atoms with Gasteiger partial charge in [-0.2, -0.15) is 0 Å². The fourth-order valence-corrected chi connectivity index (χ4v) is 0.777. The number of rotatable bonds is 6. The zero-order chi connectivity index (χ0) is 11.4. The molecular formula is C10H19ClO3. The highest BCUT2D eigenvalue weighted by atomic mass is 35.5. The van der Waals surface area contributed by atoms with Crippen LogP contribution in [0.5, 0.6) is 0 Å². The summed E-state index contributed by atoms with van der Waals surface area (Å²) in [6.07, 6.45) is 4.57. The molecule has 0 aromatic carbocycles. The monoisotopic (exact) mass is 222 g/mol. The third kappa shape index (κ3) is 22.5. The van der Waals surface area contributed by atoms with Crippen LogP contribution in [0.2, 0.25) is 0 Å². The summed E-state index contributed by atoms with van der Waals surface area (Å²) < 4.78 is 0. The Morgan fingerprint density at radius 1 is 1.07 bits per heavy atom. The van der Waals surface area contributed by atoms with Crippen molar-refractivity contribution in [2.75, 3.05) is 0 Å². The summed E-state index contributed by atoms with van der Waals surface area (Å²) in [4.78, 5) is 19.7. The van der Waals surface area contributed by atoms with E-state index in [-0.39, 0.29) is 5.24 Å². The Bertz CT molecular complexity index is 139. The number of carboxylic acids is 1. The molecule has 4 heteroatoms. The molecule has 0 spiro atoms. The molecule has 0 radical (unpaired) electrons. The fraction of sp³-hybridized carbons (Fsp3) is 0.800. The molecule has 14 heavy (non-hydrogen) atoms. The molecule has 0 saturated heterocycles. The number of hydrogen-bond acceptors (Lipinski definition) is 2. The summed E-state index contributed by atoms with van der Waals surface area (Å²) in [6.45, 7) is 4.00. The lowest BCUT2D eigenvalue weighted by atomic mass is 10.3. The molecule has 0 aromatic heterocycles. The van der Waals surface area contributed by atoms with Crippen molar-refractivity contribution in [3.05, 3.63) is 0 Å². The van der Waals surface area contributed by atoms with Gasteiger partial charge in [-0.3, -0.25) is 9.59 Å². The lowest BCUT2D eigenvalue weighted by molar-refractivity contribution is -0.137. The van der Waals surface area contributed by atoms with E-state index in [9.17, 15) is 9.59 Å². The zero-order valence-electron chi connectivity index (χ0n) is 8.88. The van der Waals surface area contributed by atoms with Gasteiger partial charge in [-0.1, -0.05) is 26.7 Å². The van der Waals surface area contributed by atoms with Crippen LogP contribution in [0.4, 0.5) is 0 Å². The Hall–Kier alpha value is -0.570. The standard InChI is InChI=1S/C5H9ClO.C5H10O2/c2*1-2-3-4-5(6)7/h2-4H2,1H3;2-4H2,1H3,(H,6,7). The largest absolute Gasteiger partial charge is 0.481 e. The Labute approximate surface area is 90.5 Å². The van der Waals surface area contributed by atoms with Crippen molar-refractivity contribution in [1.82, 2.24) is 0 Å². The van der Waals surface area contributed by atoms with Gasteiger partial charge < -0.3 is 5.11 Å². The Kier molecular flexibility index (Phi) is 14.1. The molecular weight excluding hydrogens is 204 g/mol. The van der Waals surface area contributed by atoms with E-state index >= 15 is 0 Å². The van der Waals surface area contributed by atoms with Gasteiger partial charge in [0.1, 0.15) is 0 Å². The highest BCUT2D eigenvalue weighted by Gasteiger charge is 1.91. The molecule has 3 nitrogen and oxygen atoms in total. The number of hydrogen-bond donors (Lipinski definition) is 1. The molecule has 0 heterocycles. The van der Waals surface area contributed by atoms with Gasteiger partial charge in [0.05, 0.1) is 0 Å². The molecule has 0 saturated carbocycles. The van der Waals surface area contributed by atoms with Gasteiger partial charge in [0, 0.05) is 12.8 Å². The first-order valence-corrected chi connectivity index (χ1v) is 5.32. The molecule has 0 rings (SSSR count). The molecule has 1 N–H and O–H groups in total. The van der Waals surface area contributed by atoms with E-state index in [1.54, 1.807) is 0 Å². The maximum absolute atomic E-state index is 9.97. The molecule has 0 aliphatic rings. The number of halogens is 1. The number of unbranched alkanes of at least 4 members (excludes halogenated alkanes) is 2. The minimum absolute atomic E-state index is 0.221. The summed E-state index contributed by atoms with van der Waals surface area (Å²) in [6, 6.07) is 0. The van der Waals surface area contributed by atoms with E-state index in [0.717, 1.165) is 25.7 Å². The highest BCUT2D eigenvalue weighted by Crippen LogP contribution is 1.96. The molecule has 0 amide bonds.